The van der Waals surface area contributed by atoms with Crippen molar-refractivity contribution in [2.24, 2.45) is 0 Å². The van der Waals surface area contributed by atoms with E-state index in [0.29, 0.717) is 0 Å². The van der Waals surface area contributed by atoms with Crippen LogP contribution in [0.5, 0.6) is 34.5 Å². The summed E-state index contributed by atoms with van der Waals surface area (Å²) in [6.45, 7) is 0. The molecule has 0 amide bonds. The Labute approximate surface area is 686 Å². The Morgan fingerprint density at radius 2 is 0.462 bits per heavy atom. The molecule has 4 aromatic heterocycles. The van der Waals surface area contributed by atoms with Gasteiger partial charge in [-0.2, -0.15) is 0 Å². The molecule has 22 aromatic rings. The lowest BCUT2D eigenvalue weighted by Gasteiger charge is -2.37. The van der Waals surface area contributed by atoms with Crippen LogP contribution in [0.25, 0.3) is 104 Å². The highest BCUT2D eigenvalue weighted by molar-refractivity contribution is 7.20. The summed E-state index contributed by atoms with van der Waals surface area (Å²) in [5.74, 6) is 4.88. The van der Waals surface area contributed by atoms with Gasteiger partial charge in [0.25, 0.3) is 0 Å². The molecule has 119 heavy (non-hydrogen) atoms. The second-order valence-electron chi connectivity index (χ2n) is 30.6. The number of rotatable bonds is 10. The Hall–Kier alpha value is -15.8. The zero-order chi connectivity index (χ0) is 78.2. The molecule has 0 spiro atoms. The maximum atomic E-state index is 7.20. The molecule has 0 fully saturated rings. The lowest BCUT2D eigenvalue weighted by atomic mass is 10.1. The molecule has 7 heterocycles. The van der Waals surface area contributed by atoms with Gasteiger partial charge in [-0.05, 0) is 191 Å². The Kier molecular flexibility index (Phi) is 15.5. The fourth-order valence-corrected chi connectivity index (χ4v) is 23.8. The summed E-state index contributed by atoms with van der Waals surface area (Å²) in [4.78, 5) is 7.01. The number of hydrogen-bond acceptors (Lipinski definition) is 7. The molecule has 11 heteroatoms. The molecule has 0 saturated heterocycles. The second-order valence-corrected chi connectivity index (χ2v) is 34.5. The first-order valence-corrected chi connectivity index (χ1v) is 42.3. The number of aromatic nitrogens is 3. The highest BCUT2D eigenvalue weighted by Gasteiger charge is 2.42. The van der Waals surface area contributed by atoms with Gasteiger partial charge in [-0.1, -0.05) is 243 Å². The van der Waals surface area contributed by atoms with Crippen LogP contribution in [0.1, 0.15) is 0 Å². The van der Waals surface area contributed by atoms with Crippen LogP contribution in [0.4, 0.5) is 51.2 Å². The second kappa shape index (κ2) is 27.2. The van der Waals surface area contributed by atoms with Crippen molar-refractivity contribution in [3.8, 4) is 51.6 Å². The molecule has 18 aromatic carbocycles. The van der Waals surface area contributed by atoms with E-state index in [4.69, 9.17) is 18.6 Å². The van der Waals surface area contributed by atoms with Crippen LogP contribution in [0, 0.1) is 0 Å². The molecule has 0 radical (unpaired) electrons. The molecular weight excluding hydrogens is 1470 g/mol. The van der Waals surface area contributed by atoms with Crippen molar-refractivity contribution < 1.29 is 18.6 Å². The van der Waals surface area contributed by atoms with Crippen molar-refractivity contribution in [2.75, 3.05) is 14.7 Å². The van der Waals surface area contributed by atoms with Crippen molar-refractivity contribution in [1.82, 2.24) is 13.7 Å². The fraction of sp³-hybridized carbons (Fsp3) is 0. The summed E-state index contributed by atoms with van der Waals surface area (Å²) in [5, 5.41) is 14.7. The van der Waals surface area contributed by atoms with Crippen LogP contribution in [0.2, 0.25) is 0 Å². The first-order valence-electron chi connectivity index (χ1n) is 40.3. The van der Waals surface area contributed by atoms with Crippen molar-refractivity contribution in [3.05, 3.63) is 425 Å². The van der Waals surface area contributed by atoms with E-state index in [1.807, 2.05) is 60.7 Å². The zero-order valence-electron chi connectivity index (χ0n) is 64.2. The van der Waals surface area contributed by atoms with Gasteiger partial charge in [0, 0.05) is 78.0 Å². The smallest absolute Gasteiger partial charge is 0.179 e. The highest BCUT2D eigenvalue weighted by atomic mass is 28.3. The van der Waals surface area contributed by atoms with E-state index in [1.54, 1.807) is 0 Å². The molecule has 0 unspecified atom stereocenters. The van der Waals surface area contributed by atoms with E-state index in [2.05, 4.69) is 392 Å². The third kappa shape index (κ3) is 10.7. The van der Waals surface area contributed by atoms with Crippen molar-refractivity contribution in [1.29, 1.82) is 0 Å². The number of benzene rings is 18. The lowest BCUT2D eigenvalue weighted by Crippen LogP contribution is -2.74. The maximum Gasteiger partial charge on any atom is 0.179 e. The third-order valence-electron chi connectivity index (χ3n) is 24.2. The largest absolute Gasteiger partial charge is 0.456 e. The maximum absolute atomic E-state index is 7.20. The minimum absolute atomic E-state index is 0.791. The molecule has 3 aliphatic heterocycles. The molecular formula is C108H70N6O4Si. The van der Waals surface area contributed by atoms with Crippen LogP contribution < -0.4 is 49.7 Å². The Bertz CT molecular complexity index is 7230. The summed E-state index contributed by atoms with van der Waals surface area (Å²) < 4.78 is 33.3. The van der Waals surface area contributed by atoms with Crippen molar-refractivity contribution in [3.63, 3.8) is 0 Å². The molecule has 560 valence electrons. The minimum Gasteiger partial charge on any atom is -0.456 e. The summed E-state index contributed by atoms with van der Waals surface area (Å²) in [7, 11) is -2.84. The van der Waals surface area contributed by atoms with Crippen molar-refractivity contribution >= 4 is 167 Å². The number of fused-ring (bicyclic) bond motifs is 18. The lowest BCUT2D eigenvalue weighted by molar-refractivity contribution is 0.476. The molecule has 0 aliphatic carbocycles. The number of para-hydroxylation sites is 13. The Morgan fingerprint density at radius 1 is 0.168 bits per heavy atom. The van der Waals surface area contributed by atoms with E-state index in [0.717, 1.165) is 169 Å². The van der Waals surface area contributed by atoms with Gasteiger partial charge in [0.1, 0.15) is 11.2 Å². The van der Waals surface area contributed by atoms with Crippen LogP contribution in [-0.2, 0) is 0 Å². The molecule has 0 bridgehead atoms. The van der Waals surface area contributed by atoms with E-state index in [-0.39, 0.29) is 0 Å². The number of ether oxygens (including phenoxy) is 3. The van der Waals surface area contributed by atoms with Gasteiger partial charge in [0.15, 0.2) is 42.6 Å². The number of nitrogens with zero attached hydrogens (tertiary/aromatic N) is 6. The highest BCUT2D eigenvalue weighted by Crippen LogP contribution is 2.56. The van der Waals surface area contributed by atoms with E-state index < -0.39 is 8.07 Å². The van der Waals surface area contributed by atoms with E-state index in [9.17, 15) is 0 Å². The Balaban J connectivity index is 0.000000138. The summed E-state index contributed by atoms with van der Waals surface area (Å²) in [6.07, 6.45) is 0. The zero-order valence-corrected chi connectivity index (χ0v) is 65.2. The van der Waals surface area contributed by atoms with Crippen molar-refractivity contribution in [2.45, 2.75) is 0 Å². The van der Waals surface area contributed by atoms with Gasteiger partial charge in [-0.25, -0.2) is 0 Å². The first kappa shape index (κ1) is 67.7. The SMILES string of the molecule is c1ccc([Si](c2ccccc2)(c2ccccc2)c2cccc(N3c4ccc(-n5c6ccccc6c6ccccc65)cc4Oc4cc(-n5c6ccccc6c6ccccc65)ccc43)c2)cc1.c1ccc2c(c1)Oc1ccccc1N2c1ccc2c(c1)c1cc(N3c4ccccc4Oc4ccccc43)ccc1n2-c1ccc2oc3ccccc3c2c1. The molecule has 25 rings (SSSR count). The number of furan rings is 1. The van der Waals surface area contributed by atoms with Gasteiger partial charge in [-0.15, -0.1) is 0 Å². The average Bonchev–Trinajstić information content (AvgIpc) is 1.64. The van der Waals surface area contributed by atoms with Gasteiger partial charge >= 0.3 is 0 Å². The van der Waals surface area contributed by atoms with Gasteiger partial charge < -0.3 is 47.0 Å². The summed E-state index contributed by atoms with van der Waals surface area (Å²) in [5.41, 5.74) is 20.9. The fourth-order valence-electron chi connectivity index (χ4n) is 19.1. The normalized spacial score (nSPS) is 12.7. The van der Waals surface area contributed by atoms with E-state index >= 15 is 0 Å². The quantitative estimate of drug-likeness (QED) is 0.0998. The Morgan fingerprint density at radius 3 is 0.891 bits per heavy atom. The molecule has 10 nitrogen and oxygen atoms in total. The van der Waals surface area contributed by atoms with Crippen LogP contribution in [0.3, 0.4) is 0 Å². The van der Waals surface area contributed by atoms with Gasteiger partial charge in [0.05, 0.1) is 78.6 Å². The van der Waals surface area contributed by atoms with Crippen LogP contribution in [0.15, 0.2) is 429 Å². The minimum atomic E-state index is -2.84. The summed E-state index contributed by atoms with van der Waals surface area (Å²) >= 11 is 0. The van der Waals surface area contributed by atoms with Crippen LogP contribution >= 0.6 is 0 Å². The molecule has 0 N–H and O–H groups in total. The summed E-state index contributed by atoms with van der Waals surface area (Å²) in [6, 6.07) is 152. The van der Waals surface area contributed by atoms with Gasteiger partial charge in [0.2, 0.25) is 0 Å². The molecule has 0 saturated carbocycles. The molecule has 0 atom stereocenters. The standard InChI is InChI=1S/C60H41N3OSi.C48H29N3O3/c1-4-20-45(21-5-1)65(46-22-6-2-7-23-46,47-24-8-3-9-25-47)48-26-18-19-42(39-48)63-57-37-35-43(61-53-31-14-10-27-49(53)50-28-11-15-32-54(50)61)40-59(57)64-60-41-44(36-38-58(60)63)62-55-33-16-12-29-51(55)52-30-13-17-34-56(52)62;1-6-16-43-33(11-1)36-29-32(23-26-44(36)52-43)49-37-24-21-30(50-39-12-2-7-17-45(39)53-46-18-8-3-13-40(46)50)27-34(37)35-28-31(22-25-38(35)49)51-41-14-4-9-19-47(41)54-48-20-10-5-15-42(48)51/h1-41H;1-29H. The third-order valence-corrected chi connectivity index (χ3v) is 28.9. The number of anilines is 9. The van der Waals surface area contributed by atoms with Gasteiger partial charge in [-0.3, -0.25) is 0 Å². The predicted molar refractivity (Wildman–Crippen MR) is 491 cm³/mol. The van der Waals surface area contributed by atoms with Crippen LogP contribution in [-0.4, -0.2) is 21.8 Å². The van der Waals surface area contributed by atoms with E-state index in [1.165, 1.54) is 42.3 Å². The average molecular weight is 1540 g/mol. The predicted octanol–water partition coefficient (Wildman–Crippen LogP) is 26.7. The topological polar surface area (TPSA) is 65.3 Å². The monoisotopic (exact) mass is 1540 g/mol. The number of hydrogen-bond donors (Lipinski definition) is 0. The first-order chi connectivity index (χ1) is 59.0. The molecule has 3 aliphatic rings.